The number of ether oxygens (including phenoxy) is 3. The molecule has 8 heteroatoms. The summed E-state index contributed by atoms with van der Waals surface area (Å²) < 4.78 is 16.1. The van der Waals surface area contributed by atoms with E-state index in [1.54, 1.807) is 20.8 Å². The zero-order valence-electron chi connectivity index (χ0n) is 16.0. The lowest BCUT2D eigenvalue weighted by molar-refractivity contribution is -0.171. The van der Waals surface area contributed by atoms with Crippen LogP contribution in [0.3, 0.4) is 0 Å². The summed E-state index contributed by atoms with van der Waals surface area (Å²) in [7, 11) is 0. The van der Waals surface area contributed by atoms with Crippen LogP contribution in [0, 0.1) is 0 Å². The normalized spacial score (nSPS) is 22.0. The monoisotopic (exact) mass is 378 g/mol. The largest absolute Gasteiger partial charge is 0.458 e. The number of amides is 1. The number of primary amides is 1. The quantitative estimate of drug-likeness (QED) is 0.537. The van der Waals surface area contributed by atoms with Crippen molar-refractivity contribution in [3.8, 4) is 0 Å². The van der Waals surface area contributed by atoms with Gasteiger partial charge >= 0.3 is 11.9 Å². The third kappa shape index (κ3) is 5.51. The molecule has 2 unspecified atom stereocenters. The van der Waals surface area contributed by atoms with Crippen molar-refractivity contribution in [2.75, 3.05) is 0 Å². The maximum atomic E-state index is 12.5. The van der Waals surface area contributed by atoms with Gasteiger partial charge in [0.15, 0.2) is 5.54 Å². The van der Waals surface area contributed by atoms with Gasteiger partial charge in [0.25, 0.3) is 0 Å². The molecule has 0 spiro atoms. The first kappa shape index (κ1) is 20.9. The Balaban J connectivity index is 2.11. The van der Waals surface area contributed by atoms with Crippen LogP contribution in [0.15, 0.2) is 30.3 Å². The highest BCUT2D eigenvalue weighted by Crippen LogP contribution is 2.22. The summed E-state index contributed by atoms with van der Waals surface area (Å²) in [6.45, 7) is 6.57. The first-order valence-electron chi connectivity index (χ1n) is 8.67. The molecule has 1 aromatic rings. The van der Waals surface area contributed by atoms with Crippen LogP contribution in [-0.2, 0) is 35.2 Å². The number of benzene rings is 1. The summed E-state index contributed by atoms with van der Waals surface area (Å²) in [4.78, 5) is 36.3. The van der Waals surface area contributed by atoms with Crippen LogP contribution in [0.4, 0.5) is 0 Å². The Labute approximate surface area is 158 Å². The number of esters is 2. The predicted octanol–water partition coefficient (Wildman–Crippen LogP) is 1.02. The fourth-order valence-corrected chi connectivity index (χ4v) is 2.54. The van der Waals surface area contributed by atoms with E-state index in [4.69, 9.17) is 19.9 Å². The van der Waals surface area contributed by atoms with Gasteiger partial charge in [-0.05, 0) is 33.3 Å². The maximum absolute atomic E-state index is 12.5. The molecule has 1 amide bonds. The van der Waals surface area contributed by atoms with Gasteiger partial charge in [0.2, 0.25) is 12.2 Å². The van der Waals surface area contributed by atoms with Crippen molar-refractivity contribution in [3.05, 3.63) is 35.9 Å². The van der Waals surface area contributed by atoms with E-state index in [9.17, 15) is 14.4 Å². The lowest BCUT2D eigenvalue weighted by Gasteiger charge is -2.32. The number of cyclic esters (lactones) is 1. The molecule has 27 heavy (non-hydrogen) atoms. The number of carbonyl (C=O) groups excluding carboxylic acids is 3. The molecule has 0 aliphatic carbocycles. The fraction of sp³-hybridized carbons (Fsp3) is 0.526. The fourth-order valence-electron chi connectivity index (χ4n) is 2.54. The Morgan fingerprint density at radius 2 is 1.85 bits per heavy atom. The molecular weight excluding hydrogens is 352 g/mol. The summed E-state index contributed by atoms with van der Waals surface area (Å²) in [5, 5.41) is 2.81. The number of carbonyl (C=O) groups is 3. The second-order valence-corrected chi connectivity index (χ2v) is 7.60. The summed E-state index contributed by atoms with van der Waals surface area (Å²) in [6.07, 6.45) is -1.02. The average molecular weight is 378 g/mol. The minimum Gasteiger partial charge on any atom is -0.458 e. The van der Waals surface area contributed by atoms with E-state index >= 15 is 0 Å². The molecule has 0 aromatic heterocycles. The molecule has 1 heterocycles. The van der Waals surface area contributed by atoms with Crippen molar-refractivity contribution in [1.29, 1.82) is 0 Å². The average Bonchev–Trinajstić information content (AvgIpc) is 2.91. The van der Waals surface area contributed by atoms with E-state index in [0.29, 0.717) is 0 Å². The number of hydrogen-bond donors (Lipinski definition) is 2. The zero-order valence-corrected chi connectivity index (χ0v) is 16.0. The Morgan fingerprint density at radius 3 is 2.41 bits per heavy atom. The van der Waals surface area contributed by atoms with Crippen molar-refractivity contribution in [1.82, 2.24) is 5.32 Å². The van der Waals surface area contributed by atoms with Crippen molar-refractivity contribution >= 4 is 17.8 Å². The van der Waals surface area contributed by atoms with Crippen LogP contribution in [0.2, 0.25) is 0 Å². The molecule has 2 rings (SSSR count). The van der Waals surface area contributed by atoms with Crippen LogP contribution >= 0.6 is 0 Å². The molecule has 0 bridgehead atoms. The Morgan fingerprint density at radius 1 is 1.22 bits per heavy atom. The summed E-state index contributed by atoms with van der Waals surface area (Å²) in [6, 6.07) is 8.61. The molecule has 1 aromatic carbocycles. The van der Waals surface area contributed by atoms with Crippen LogP contribution < -0.4 is 11.1 Å². The smallest absolute Gasteiger partial charge is 0.336 e. The number of hydrogen-bond acceptors (Lipinski definition) is 7. The van der Waals surface area contributed by atoms with E-state index in [0.717, 1.165) is 5.56 Å². The van der Waals surface area contributed by atoms with Crippen molar-refractivity contribution < 1.29 is 28.6 Å². The molecular formula is C19H26N2O6. The lowest BCUT2D eigenvalue weighted by atomic mass is 9.98. The van der Waals surface area contributed by atoms with Gasteiger partial charge < -0.3 is 19.9 Å². The van der Waals surface area contributed by atoms with Gasteiger partial charge in [-0.15, -0.1) is 0 Å². The van der Waals surface area contributed by atoms with E-state index < -0.39 is 41.3 Å². The molecule has 3 atom stereocenters. The van der Waals surface area contributed by atoms with Crippen LogP contribution in [0.5, 0.6) is 0 Å². The third-order valence-corrected chi connectivity index (χ3v) is 3.99. The van der Waals surface area contributed by atoms with Crippen molar-refractivity contribution in [2.45, 2.75) is 64.2 Å². The van der Waals surface area contributed by atoms with Gasteiger partial charge in [0.05, 0.1) is 19.1 Å². The minimum atomic E-state index is -1.83. The van der Waals surface area contributed by atoms with E-state index in [1.165, 1.54) is 6.92 Å². The van der Waals surface area contributed by atoms with E-state index in [-0.39, 0.29) is 13.0 Å². The standard InChI is InChI=1S/C19H26N2O6/c1-18(2,3)27-17(24)19(4,16(20)23)21-13-10-14(22)26-15(13)25-11-12-8-6-5-7-9-12/h5-9,13,15,21H,10-11H2,1-4H3,(H2,20,23)/t13?,15?,19-/m0/s1. The molecule has 1 fully saturated rings. The van der Waals surface area contributed by atoms with Crippen molar-refractivity contribution in [2.24, 2.45) is 5.73 Å². The SMILES string of the molecule is CC(C)(C)OC(=O)[C@@](C)(NC1CC(=O)OC1OCc1ccccc1)C(N)=O. The van der Waals surface area contributed by atoms with E-state index in [2.05, 4.69) is 5.32 Å². The number of nitrogens with one attached hydrogen (secondary N) is 1. The Bertz CT molecular complexity index is 700. The van der Waals surface area contributed by atoms with Crippen LogP contribution in [0.25, 0.3) is 0 Å². The second-order valence-electron chi connectivity index (χ2n) is 7.60. The van der Waals surface area contributed by atoms with Crippen LogP contribution in [0.1, 0.15) is 39.7 Å². The summed E-state index contributed by atoms with van der Waals surface area (Å²) >= 11 is 0. The van der Waals surface area contributed by atoms with Gasteiger partial charge in [-0.2, -0.15) is 0 Å². The third-order valence-electron chi connectivity index (χ3n) is 3.99. The predicted molar refractivity (Wildman–Crippen MR) is 96.1 cm³/mol. The Hall–Kier alpha value is -2.45. The minimum absolute atomic E-state index is 0.0644. The summed E-state index contributed by atoms with van der Waals surface area (Å²) in [5.74, 6) is -2.25. The molecule has 148 valence electrons. The maximum Gasteiger partial charge on any atom is 0.336 e. The van der Waals surface area contributed by atoms with Gasteiger partial charge in [0, 0.05) is 0 Å². The molecule has 3 N–H and O–H groups in total. The molecule has 1 saturated heterocycles. The lowest BCUT2D eigenvalue weighted by Crippen LogP contribution is -2.64. The van der Waals surface area contributed by atoms with Gasteiger partial charge in [-0.25, -0.2) is 4.79 Å². The second kappa shape index (κ2) is 8.06. The molecule has 1 aliphatic heterocycles. The first-order valence-corrected chi connectivity index (χ1v) is 8.67. The highest BCUT2D eigenvalue weighted by Gasteiger charge is 2.48. The highest BCUT2D eigenvalue weighted by molar-refractivity contribution is 6.06. The molecule has 0 radical (unpaired) electrons. The summed E-state index contributed by atoms with van der Waals surface area (Å²) in [5.41, 5.74) is 3.70. The Kier molecular flexibility index (Phi) is 6.22. The first-order chi connectivity index (χ1) is 12.5. The highest BCUT2D eigenvalue weighted by atomic mass is 16.7. The number of rotatable bonds is 7. The zero-order chi connectivity index (χ0) is 20.2. The molecule has 1 aliphatic rings. The van der Waals surface area contributed by atoms with Gasteiger partial charge in [0.1, 0.15) is 5.60 Å². The number of nitrogens with two attached hydrogens (primary N) is 1. The topological polar surface area (TPSA) is 117 Å². The van der Waals surface area contributed by atoms with Crippen molar-refractivity contribution in [3.63, 3.8) is 0 Å². The van der Waals surface area contributed by atoms with Gasteiger partial charge in [-0.1, -0.05) is 30.3 Å². The molecule has 8 nitrogen and oxygen atoms in total. The van der Waals surface area contributed by atoms with Gasteiger partial charge in [-0.3, -0.25) is 14.9 Å². The van der Waals surface area contributed by atoms with E-state index in [1.807, 2.05) is 30.3 Å². The molecule has 0 saturated carbocycles. The van der Waals surface area contributed by atoms with Crippen LogP contribution in [-0.4, -0.2) is 41.3 Å².